The lowest BCUT2D eigenvalue weighted by Crippen LogP contribution is -2.43. The molecule has 1 aliphatic carbocycles. The van der Waals surface area contributed by atoms with Crippen molar-refractivity contribution in [3.63, 3.8) is 0 Å². The Bertz CT molecular complexity index is 1130. The Morgan fingerprint density at radius 2 is 2.03 bits per heavy atom. The number of fused-ring (bicyclic) bond motifs is 2. The minimum absolute atomic E-state index is 0.0572. The summed E-state index contributed by atoms with van der Waals surface area (Å²) in [5.41, 5.74) is 7.21. The fraction of sp³-hybridized carbons (Fsp3) is 0.333. The maximum absolute atomic E-state index is 15.2. The van der Waals surface area contributed by atoms with E-state index in [2.05, 4.69) is 15.6 Å². The summed E-state index contributed by atoms with van der Waals surface area (Å²) < 4.78 is 29.7. The van der Waals surface area contributed by atoms with Crippen LogP contribution < -0.4 is 16.4 Å². The average molecular weight is 414 g/mol. The van der Waals surface area contributed by atoms with Gasteiger partial charge >= 0.3 is 0 Å². The number of hydrogen-bond donors (Lipinski definition) is 3. The number of anilines is 1. The van der Waals surface area contributed by atoms with Gasteiger partial charge in [-0.1, -0.05) is 12.8 Å². The van der Waals surface area contributed by atoms with Crippen molar-refractivity contribution in [1.29, 1.82) is 0 Å². The summed E-state index contributed by atoms with van der Waals surface area (Å²) in [6.45, 7) is 0.125. The van der Waals surface area contributed by atoms with E-state index in [1.807, 2.05) is 0 Å². The van der Waals surface area contributed by atoms with E-state index < -0.39 is 5.82 Å². The van der Waals surface area contributed by atoms with Crippen LogP contribution in [-0.4, -0.2) is 23.0 Å². The molecule has 2 unspecified atom stereocenters. The molecule has 5 nitrogen and oxygen atoms in total. The van der Waals surface area contributed by atoms with Gasteiger partial charge in [-0.05, 0) is 42.5 Å². The van der Waals surface area contributed by atoms with Crippen LogP contribution >= 0.6 is 11.3 Å². The standard InChI is InChI=1S/C21H20F2N4OS/c22-11-5-6-15-10(7-11)8-16(29-15)19-17-12(9-25-21(17)28)18(23)20(27-19)26-14-4-2-1-3-13(14)24/h5-8,13-14H,1-4,9,24H2,(H,25,28)(H,26,27). The number of halogens is 2. The van der Waals surface area contributed by atoms with Crippen LogP contribution in [0.5, 0.6) is 0 Å². The van der Waals surface area contributed by atoms with Gasteiger partial charge in [0.25, 0.3) is 5.91 Å². The molecular weight excluding hydrogens is 394 g/mol. The largest absolute Gasteiger partial charge is 0.363 e. The molecule has 150 valence electrons. The molecule has 29 heavy (non-hydrogen) atoms. The van der Waals surface area contributed by atoms with Crippen LogP contribution in [0.2, 0.25) is 0 Å². The van der Waals surface area contributed by atoms with Gasteiger partial charge in [0.1, 0.15) is 5.82 Å². The monoisotopic (exact) mass is 414 g/mol. The molecule has 2 aliphatic rings. The Balaban J connectivity index is 1.63. The van der Waals surface area contributed by atoms with Crippen molar-refractivity contribution in [2.75, 3.05) is 5.32 Å². The van der Waals surface area contributed by atoms with Gasteiger partial charge in [-0.25, -0.2) is 13.8 Å². The number of pyridine rings is 1. The van der Waals surface area contributed by atoms with Crippen molar-refractivity contribution in [1.82, 2.24) is 10.3 Å². The van der Waals surface area contributed by atoms with E-state index in [1.165, 1.54) is 23.5 Å². The average Bonchev–Trinajstić information content (AvgIpc) is 3.29. The van der Waals surface area contributed by atoms with Gasteiger partial charge in [-0.2, -0.15) is 0 Å². The second-order valence-corrected chi connectivity index (χ2v) is 8.73. The molecule has 1 saturated carbocycles. The fourth-order valence-corrected chi connectivity index (χ4v) is 5.24. The van der Waals surface area contributed by atoms with E-state index in [-0.39, 0.29) is 41.7 Å². The van der Waals surface area contributed by atoms with E-state index in [9.17, 15) is 9.18 Å². The third-order valence-corrected chi connectivity index (χ3v) is 6.86. The Kier molecular flexibility index (Phi) is 4.48. The van der Waals surface area contributed by atoms with Crippen LogP contribution in [0.15, 0.2) is 24.3 Å². The highest BCUT2D eigenvalue weighted by atomic mass is 32.1. The lowest BCUT2D eigenvalue weighted by molar-refractivity contribution is 0.0966. The third kappa shape index (κ3) is 3.16. The van der Waals surface area contributed by atoms with Gasteiger partial charge < -0.3 is 16.4 Å². The molecule has 8 heteroatoms. The van der Waals surface area contributed by atoms with Crippen molar-refractivity contribution < 1.29 is 13.6 Å². The highest BCUT2D eigenvalue weighted by Crippen LogP contribution is 2.39. The zero-order valence-electron chi connectivity index (χ0n) is 15.6. The third-order valence-electron chi connectivity index (χ3n) is 5.74. The Hall–Kier alpha value is -2.58. The van der Waals surface area contributed by atoms with Crippen molar-refractivity contribution >= 4 is 33.1 Å². The molecule has 3 heterocycles. The van der Waals surface area contributed by atoms with E-state index in [1.54, 1.807) is 12.1 Å². The predicted octanol–water partition coefficient (Wildman–Crippen LogP) is 4.17. The highest BCUT2D eigenvalue weighted by Gasteiger charge is 2.32. The molecule has 4 N–H and O–H groups in total. The van der Waals surface area contributed by atoms with Gasteiger partial charge in [0.15, 0.2) is 11.6 Å². The van der Waals surface area contributed by atoms with E-state index >= 15 is 4.39 Å². The number of nitrogens with zero attached hydrogens (tertiary/aromatic N) is 1. The van der Waals surface area contributed by atoms with Crippen molar-refractivity contribution in [2.24, 2.45) is 5.73 Å². The minimum Gasteiger partial charge on any atom is -0.363 e. The minimum atomic E-state index is -0.507. The van der Waals surface area contributed by atoms with Crippen molar-refractivity contribution in [3.05, 3.63) is 47.0 Å². The number of carbonyl (C=O) groups is 1. The summed E-state index contributed by atoms with van der Waals surface area (Å²) in [6.07, 6.45) is 3.85. The molecule has 2 atom stereocenters. The summed E-state index contributed by atoms with van der Waals surface area (Å²) in [6, 6.07) is 6.22. The normalized spacial score (nSPS) is 21.3. The maximum Gasteiger partial charge on any atom is 0.254 e. The first-order valence-electron chi connectivity index (χ1n) is 9.73. The van der Waals surface area contributed by atoms with Gasteiger partial charge in [0, 0.05) is 28.9 Å². The molecule has 1 amide bonds. The highest BCUT2D eigenvalue weighted by molar-refractivity contribution is 7.22. The zero-order valence-corrected chi connectivity index (χ0v) is 16.4. The summed E-state index contributed by atoms with van der Waals surface area (Å²) in [4.78, 5) is 17.6. The maximum atomic E-state index is 15.2. The lowest BCUT2D eigenvalue weighted by Gasteiger charge is -2.30. The summed E-state index contributed by atoms with van der Waals surface area (Å²) in [5, 5.41) is 6.61. The summed E-state index contributed by atoms with van der Waals surface area (Å²) in [7, 11) is 0. The number of nitrogens with two attached hydrogens (primary N) is 1. The molecule has 1 aliphatic heterocycles. The zero-order chi connectivity index (χ0) is 20.1. The summed E-state index contributed by atoms with van der Waals surface area (Å²) in [5.74, 6) is -1.05. The SMILES string of the molecule is NC1CCCCC1Nc1nc(-c2cc3cc(F)ccc3s2)c2c(c1F)CNC2=O. The number of thiophene rings is 1. The Labute approximate surface area is 170 Å². The molecule has 2 aromatic heterocycles. The second kappa shape index (κ2) is 7.03. The first kappa shape index (κ1) is 18.4. The number of carbonyl (C=O) groups excluding carboxylic acids is 1. The molecule has 0 radical (unpaired) electrons. The van der Waals surface area contributed by atoms with Gasteiger partial charge in [0.05, 0.1) is 16.1 Å². The number of benzene rings is 1. The van der Waals surface area contributed by atoms with Crippen LogP contribution in [0.25, 0.3) is 20.7 Å². The van der Waals surface area contributed by atoms with Gasteiger partial charge in [0.2, 0.25) is 0 Å². The van der Waals surface area contributed by atoms with Crippen LogP contribution in [0.4, 0.5) is 14.6 Å². The van der Waals surface area contributed by atoms with E-state index in [4.69, 9.17) is 5.73 Å². The first-order valence-corrected chi connectivity index (χ1v) is 10.5. The molecule has 5 rings (SSSR count). The summed E-state index contributed by atoms with van der Waals surface area (Å²) >= 11 is 1.40. The fourth-order valence-electron chi connectivity index (χ4n) is 4.20. The molecule has 0 bridgehead atoms. The Morgan fingerprint density at radius 3 is 2.86 bits per heavy atom. The van der Waals surface area contributed by atoms with Gasteiger partial charge in [-0.15, -0.1) is 11.3 Å². The van der Waals surface area contributed by atoms with Gasteiger partial charge in [-0.3, -0.25) is 4.79 Å². The lowest BCUT2D eigenvalue weighted by atomic mass is 9.91. The second-order valence-electron chi connectivity index (χ2n) is 7.65. The molecular formula is C21H20F2N4OS. The quantitative estimate of drug-likeness (QED) is 0.601. The van der Waals surface area contributed by atoms with Crippen LogP contribution in [0.3, 0.4) is 0 Å². The van der Waals surface area contributed by atoms with Crippen molar-refractivity contribution in [3.8, 4) is 10.6 Å². The smallest absolute Gasteiger partial charge is 0.254 e. The van der Waals surface area contributed by atoms with E-state index in [0.717, 1.165) is 35.8 Å². The van der Waals surface area contributed by atoms with Crippen molar-refractivity contribution in [2.45, 2.75) is 44.3 Å². The van der Waals surface area contributed by atoms with Crippen LogP contribution in [0, 0.1) is 11.6 Å². The first-order chi connectivity index (χ1) is 14.0. The number of hydrogen-bond acceptors (Lipinski definition) is 5. The Morgan fingerprint density at radius 1 is 1.21 bits per heavy atom. The number of amides is 1. The number of nitrogens with one attached hydrogen (secondary N) is 2. The predicted molar refractivity (Wildman–Crippen MR) is 110 cm³/mol. The molecule has 1 aromatic carbocycles. The number of aromatic nitrogens is 1. The molecule has 3 aromatic rings. The molecule has 1 fully saturated rings. The molecule has 0 spiro atoms. The van der Waals surface area contributed by atoms with E-state index in [0.29, 0.717) is 16.1 Å². The van der Waals surface area contributed by atoms with Crippen LogP contribution in [0.1, 0.15) is 41.6 Å². The number of rotatable bonds is 3. The van der Waals surface area contributed by atoms with Crippen LogP contribution in [-0.2, 0) is 6.54 Å². The topological polar surface area (TPSA) is 80.0 Å². The molecule has 0 saturated heterocycles.